The van der Waals surface area contributed by atoms with Gasteiger partial charge in [0.2, 0.25) is 0 Å². The number of thiazole rings is 1. The van der Waals surface area contributed by atoms with Crippen LogP contribution in [-0.2, 0) is 4.79 Å². The first-order valence-corrected chi connectivity index (χ1v) is 6.99. The van der Waals surface area contributed by atoms with Crippen LogP contribution in [0.5, 0.6) is 0 Å². The van der Waals surface area contributed by atoms with Crippen LogP contribution in [0.2, 0.25) is 0 Å². The number of hydrogen-bond donors (Lipinski definition) is 1. The largest absolute Gasteiger partial charge is 0.313 e. The average molecular weight is 291 g/mol. The maximum atomic E-state index is 11.2. The zero-order valence-electron chi connectivity index (χ0n) is 9.51. The monoisotopic (exact) mass is 290 g/mol. The second-order valence-corrected chi connectivity index (χ2v) is 5.96. The molecule has 0 saturated carbocycles. The first-order valence-electron chi connectivity index (χ1n) is 5.23. The third-order valence-corrected chi connectivity index (χ3v) is 4.27. The summed E-state index contributed by atoms with van der Waals surface area (Å²) in [6.45, 7) is 3.48. The molecule has 1 aliphatic rings. The number of hydrogen-bond acceptors (Lipinski definition) is 5. The highest BCUT2D eigenvalue weighted by molar-refractivity contribution is 8.14. The van der Waals surface area contributed by atoms with E-state index >= 15 is 0 Å². The van der Waals surface area contributed by atoms with E-state index in [0.29, 0.717) is 5.25 Å². The fourth-order valence-electron chi connectivity index (χ4n) is 1.71. The van der Waals surface area contributed by atoms with Crippen molar-refractivity contribution in [2.75, 3.05) is 13.1 Å². The van der Waals surface area contributed by atoms with Crippen molar-refractivity contribution in [1.82, 2.24) is 10.3 Å². The highest BCUT2D eigenvalue weighted by atomic mass is 35.5. The van der Waals surface area contributed by atoms with Gasteiger partial charge in [0.15, 0.2) is 5.12 Å². The van der Waals surface area contributed by atoms with Crippen molar-refractivity contribution in [2.24, 2.45) is 0 Å². The number of carbonyl (C=O) groups excluding carboxylic acids is 1. The van der Waals surface area contributed by atoms with E-state index in [1.165, 1.54) is 17.3 Å². The van der Waals surface area contributed by atoms with Gasteiger partial charge >= 0.3 is 0 Å². The molecule has 1 saturated heterocycles. The molecule has 94 valence electrons. The zero-order valence-corrected chi connectivity index (χ0v) is 12.0. The molecule has 0 spiro atoms. The Morgan fingerprint density at radius 1 is 1.71 bits per heavy atom. The molecule has 0 amide bonds. The molecule has 0 radical (unpaired) electrons. The van der Waals surface area contributed by atoms with Gasteiger partial charge in [0, 0.05) is 30.3 Å². The second kappa shape index (κ2) is 7.16. The van der Waals surface area contributed by atoms with Crippen molar-refractivity contribution in [3.05, 3.63) is 22.2 Å². The minimum absolute atomic E-state index is 0. The summed E-state index contributed by atoms with van der Waals surface area (Å²) in [5, 5.41) is 6.84. The van der Waals surface area contributed by atoms with E-state index in [1.807, 2.05) is 5.38 Å². The second-order valence-electron chi connectivity index (χ2n) is 3.65. The minimum Gasteiger partial charge on any atom is -0.313 e. The number of piperidine rings is 1. The molecular formula is C11H15ClN2OS2. The average Bonchev–Trinajstić information content (AvgIpc) is 2.73. The third-order valence-electron chi connectivity index (χ3n) is 2.39. The fraction of sp³-hybridized carbons (Fsp3) is 0.455. The Morgan fingerprint density at radius 2 is 2.53 bits per heavy atom. The summed E-state index contributed by atoms with van der Waals surface area (Å²) in [4.78, 5) is 15.4. The molecule has 0 aliphatic carbocycles. The van der Waals surface area contributed by atoms with Crippen LogP contribution < -0.4 is 5.32 Å². The van der Waals surface area contributed by atoms with Gasteiger partial charge in [0.25, 0.3) is 0 Å². The van der Waals surface area contributed by atoms with E-state index < -0.39 is 0 Å². The molecule has 1 fully saturated rings. The Labute approximate surface area is 116 Å². The van der Waals surface area contributed by atoms with Crippen LogP contribution >= 0.6 is 35.5 Å². The summed E-state index contributed by atoms with van der Waals surface area (Å²) in [5.74, 6) is 0. The predicted molar refractivity (Wildman–Crippen MR) is 76.9 cm³/mol. The van der Waals surface area contributed by atoms with Gasteiger partial charge in [-0.15, -0.1) is 23.7 Å². The van der Waals surface area contributed by atoms with Crippen molar-refractivity contribution in [3.8, 4) is 0 Å². The normalized spacial score (nSPS) is 22.2. The van der Waals surface area contributed by atoms with Crippen LogP contribution in [-0.4, -0.2) is 28.4 Å². The lowest BCUT2D eigenvalue weighted by Gasteiger charge is -2.24. The molecule has 1 aromatic heterocycles. The molecule has 1 N–H and O–H groups in total. The standard InChI is InChI=1S/C11H14N2OS2.ClH/c1-8(14)16-10-2-3-12-7-9(10)6-11-13-4-5-15-11;/h4-6,10,12H,2-3,7H2,1H3;1H/b9-6-;. The summed E-state index contributed by atoms with van der Waals surface area (Å²) in [7, 11) is 0. The molecule has 6 heteroatoms. The molecule has 0 aromatic carbocycles. The minimum atomic E-state index is 0. The van der Waals surface area contributed by atoms with E-state index in [-0.39, 0.29) is 17.5 Å². The van der Waals surface area contributed by atoms with Crippen molar-refractivity contribution in [3.63, 3.8) is 0 Å². The third kappa shape index (κ3) is 4.43. The maximum Gasteiger partial charge on any atom is 0.186 e. The van der Waals surface area contributed by atoms with Crippen LogP contribution in [0.25, 0.3) is 6.08 Å². The predicted octanol–water partition coefficient (Wildman–Crippen LogP) is 2.59. The van der Waals surface area contributed by atoms with Crippen molar-refractivity contribution in [2.45, 2.75) is 18.6 Å². The van der Waals surface area contributed by atoms with Crippen LogP contribution in [0.4, 0.5) is 0 Å². The Balaban J connectivity index is 0.00000144. The number of halogens is 1. The summed E-state index contributed by atoms with van der Waals surface area (Å²) in [6, 6.07) is 0. The molecule has 1 aromatic rings. The quantitative estimate of drug-likeness (QED) is 0.909. The summed E-state index contributed by atoms with van der Waals surface area (Å²) in [6.07, 6.45) is 4.93. The molecule has 0 bridgehead atoms. The lowest BCUT2D eigenvalue weighted by Crippen LogP contribution is -2.32. The van der Waals surface area contributed by atoms with Crippen LogP contribution in [0.15, 0.2) is 17.2 Å². The number of nitrogens with zero attached hydrogens (tertiary/aromatic N) is 1. The summed E-state index contributed by atoms with van der Waals surface area (Å²) in [5.41, 5.74) is 1.28. The molecule has 2 heterocycles. The highest BCUT2D eigenvalue weighted by Crippen LogP contribution is 2.27. The molecule has 2 rings (SSSR count). The lowest BCUT2D eigenvalue weighted by atomic mass is 10.1. The number of aromatic nitrogens is 1. The zero-order chi connectivity index (χ0) is 11.4. The number of carbonyl (C=O) groups is 1. The Hall–Kier alpha value is -0.360. The first kappa shape index (κ1) is 14.7. The Morgan fingerprint density at radius 3 is 3.18 bits per heavy atom. The first-order chi connectivity index (χ1) is 7.75. The topological polar surface area (TPSA) is 42.0 Å². The molecule has 1 aliphatic heterocycles. The smallest absolute Gasteiger partial charge is 0.186 e. The SMILES string of the molecule is CC(=O)SC1CCNC/C1=C/c1nccs1.Cl. The molecular weight excluding hydrogens is 276 g/mol. The van der Waals surface area contributed by atoms with Gasteiger partial charge in [-0.3, -0.25) is 4.79 Å². The lowest BCUT2D eigenvalue weighted by molar-refractivity contribution is -0.109. The van der Waals surface area contributed by atoms with Gasteiger partial charge in [0.1, 0.15) is 5.01 Å². The summed E-state index contributed by atoms with van der Waals surface area (Å²) >= 11 is 3.06. The van der Waals surface area contributed by atoms with E-state index in [2.05, 4.69) is 16.4 Å². The van der Waals surface area contributed by atoms with Crippen LogP contribution in [0.1, 0.15) is 18.4 Å². The highest BCUT2D eigenvalue weighted by Gasteiger charge is 2.20. The maximum absolute atomic E-state index is 11.2. The van der Waals surface area contributed by atoms with Crippen molar-refractivity contribution in [1.29, 1.82) is 0 Å². The number of rotatable bonds is 2. The van der Waals surface area contributed by atoms with Crippen molar-refractivity contribution >= 4 is 46.7 Å². The van der Waals surface area contributed by atoms with Crippen molar-refractivity contribution < 1.29 is 4.79 Å². The Bertz CT molecular complexity index is 392. The Kier molecular flexibility index (Phi) is 6.19. The van der Waals surface area contributed by atoms with E-state index in [0.717, 1.165) is 24.5 Å². The molecule has 17 heavy (non-hydrogen) atoms. The van der Waals surface area contributed by atoms with E-state index in [1.54, 1.807) is 24.5 Å². The van der Waals surface area contributed by atoms with Gasteiger partial charge in [-0.1, -0.05) is 11.8 Å². The fourth-order valence-corrected chi connectivity index (χ4v) is 3.25. The van der Waals surface area contributed by atoms with Gasteiger partial charge in [-0.05, 0) is 24.6 Å². The molecule has 3 nitrogen and oxygen atoms in total. The van der Waals surface area contributed by atoms with Gasteiger partial charge in [-0.2, -0.15) is 0 Å². The number of nitrogens with one attached hydrogen (secondary N) is 1. The molecule has 1 unspecified atom stereocenters. The van der Waals surface area contributed by atoms with Crippen LogP contribution in [0.3, 0.4) is 0 Å². The molecule has 1 atom stereocenters. The number of thioether (sulfide) groups is 1. The van der Waals surface area contributed by atoms with Gasteiger partial charge < -0.3 is 5.32 Å². The van der Waals surface area contributed by atoms with E-state index in [4.69, 9.17) is 0 Å². The summed E-state index contributed by atoms with van der Waals surface area (Å²) < 4.78 is 0. The van der Waals surface area contributed by atoms with Gasteiger partial charge in [0.05, 0.1) is 0 Å². The van der Waals surface area contributed by atoms with E-state index in [9.17, 15) is 4.79 Å². The van der Waals surface area contributed by atoms with Gasteiger partial charge in [-0.25, -0.2) is 4.98 Å². The van der Waals surface area contributed by atoms with Crippen LogP contribution in [0, 0.1) is 0 Å².